The number of amides is 1. The van der Waals surface area contributed by atoms with Crippen molar-refractivity contribution >= 4 is 5.91 Å². The Bertz CT molecular complexity index is 365. The normalized spacial score (nSPS) is 12.5. The zero-order valence-electron chi connectivity index (χ0n) is 11.5. The summed E-state index contributed by atoms with van der Waals surface area (Å²) in [6.07, 6.45) is 4.20. The number of carbonyl (C=O) groups excluding carboxylic acids is 1. The molecular weight excluding hydrogens is 226 g/mol. The summed E-state index contributed by atoms with van der Waals surface area (Å²) >= 11 is 0. The minimum absolute atomic E-state index is 0.0306. The Morgan fingerprint density at radius 3 is 2.50 bits per heavy atom. The second kappa shape index (κ2) is 7.11. The van der Waals surface area contributed by atoms with Gasteiger partial charge in [0.15, 0.2) is 0 Å². The second-order valence-electron chi connectivity index (χ2n) is 4.94. The largest absolute Gasteiger partial charge is 0.337 e. The van der Waals surface area contributed by atoms with Crippen molar-refractivity contribution in [3.8, 4) is 0 Å². The molecule has 2 N–H and O–H groups in total. The van der Waals surface area contributed by atoms with E-state index in [-0.39, 0.29) is 5.91 Å². The lowest BCUT2D eigenvalue weighted by Gasteiger charge is -2.25. The lowest BCUT2D eigenvalue weighted by atomic mass is 10.0. The summed E-state index contributed by atoms with van der Waals surface area (Å²) in [6.45, 7) is 7.40. The molecule has 1 atom stereocenters. The average Bonchev–Trinajstić information content (AvgIpc) is 2.35. The maximum Gasteiger partial charge on any atom is 0.239 e. The molecule has 0 aliphatic heterocycles. The Morgan fingerprint density at radius 2 is 2.00 bits per heavy atom. The molecule has 18 heavy (non-hydrogen) atoms. The number of hydrogen-bond donors (Lipinski definition) is 1. The third-order valence-electron chi connectivity index (χ3n) is 2.86. The number of rotatable bonds is 6. The molecular formula is C14H23N3O. The van der Waals surface area contributed by atoms with Gasteiger partial charge < -0.3 is 10.6 Å². The maximum atomic E-state index is 12.2. The monoisotopic (exact) mass is 249 g/mol. The zero-order valence-corrected chi connectivity index (χ0v) is 11.5. The summed E-state index contributed by atoms with van der Waals surface area (Å²) < 4.78 is 0. The number of hydrogen-bond acceptors (Lipinski definition) is 3. The predicted octanol–water partition coefficient (Wildman–Crippen LogP) is 1.80. The molecule has 0 aliphatic carbocycles. The molecule has 4 nitrogen and oxygen atoms in total. The molecule has 0 aromatic carbocycles. The van der Waals surface area contributed by atoms with Crippen LogP contribution in [0.15, 0.2) is 24.5 Å². The number of carbonyl (C=O) groups is 1. The van der Waals surface area contributed by atoms with Crippen LogP contribution in [0.1, 0.15) is 32.8 Å². The van der Waals surface area contributed by atoms with Crippen molar-refractivity contribution < 1.29 is 4.79 Å². The standard InChI is InChI=1S/C14H23N3O/c1-4-17(10-12-5-7-16-8-6-12)14(18)13(15)9-11(2)3/h5-8,11,13H,4,9-10,15H2,1-3H3. The molecule has 0 saturated carbocycles. The molecule has 1 unspecified atom stereocenters. The first kappa shape index (κ1) is 14.6. The van der Waals surface area contributed by atoms with Gasteiger partial charge in [0.25, 0.3) is 0 Å². The SMILES string of the molecule is CCN(Cc1ccncc1)C(=O)C(N)CC(C)C. The fourth-order valence-corrected chi connectivity index (χ4v) is 1.90. The lowest BCUT2D eigenvalue weighted by molar-refractivity contribution is -0.133. The number of nitrogens with zero attached hydrogens (tertiary/aromatic N) is 2. The van der Waals surface area contributed by atoms with Crippen LogP contribution in [0.2, 0.25) is 0 Å². The molecule has 0 spiro atoms. The zero-order chi connectivity index (χ0) is 13.5. The number of likely N-dealkylation sites (N-methyl/N-ethyl adjacent to an activating group) is 1. The second-order valence-corrected chi connectivity index (χ2v) is 4.94. The fourth-order valence-electron chi connectivity index (χ4n) is 1.90. The molecule has 4 heteroatoms. The molecule has 1 rings (SSSR count). The average molecular weight is 249 g/mol. The highest BCUT2D eigenvalue weighted by molar-refractivity contribution is 5.81. The lowest BCUT2D eigenvalue weighted by Crippen LogP contribution is -2.43. The first-order valence-electron chi connectivity index (χ1n) is 6.47. The Morgan fingerprint density at radius 1 is 1.39 bits per heavy atom. The van der Waals surface area contributed by atoms with Crippen molar-refractivity contribution in [3.63, 3.8) is 0 Å². The van der Waals surface area contributed by atoms with E-state index >= 15 is 0 Å². The van der Waals surface area contributed by atoms with E-state index in [1.54, 1.807) is 17.3 Å². The third-order valence-corrected chi connectivity index (χ3v) is 2.86. The molecule has 0 bridgehead atoms. The van der Waals surface area contributed by atoms with Gasteiger partial charge in [-0.2, -0.15) is 0 Å². The Labute approximate surface area is 109 Å². The number of pyridine rings is 1. The molecule has 100 valence electrons. The van der Waals surface area contributed by atoms with Gasteiger partial charge in [0.1, 0.15) is 0 Å². The van der Waals surface area contributed by atoms with Crippen LogP contribution in [0, 0.1) is 5.92 Å². The predicted molar refractivity (Wildman–Crippen MR) is 72.8 cm³/mol. The Kier molecular flexibility index (Phi) is 5.78. The Balaban J connectivity index is 2.63. The highest BCUT2D eigenvalue weighted by Crippen LogP contribution is 2.09. The van der Waals surface area contributed by atoms with Crippen molar-refractivity contribution in [2.75, 3.05) is 6.54 Å². The topological polar surface area (TPSA) is 59.2 Å². The van der Waals surface area contributed by atoms with Gasteiger partial charge in [-0.15, -0.1) is 0 Å². The number of aromatic nitrogens is 1. The molecule has 0 radical (unpaired) electrons. The summed E-state index contributed by atoms with van der Waals surface area (Å²) in [6, 6.07) is 3.44. The molecule has 0 fully saturated rings. The van der Waals surface area contributed by atoms with Crippen LogP contribution in [-0.4, -0.2) is 28.4 Å². The van der Waals surface area contributed by atoms with E-state index in [1.807, 2.05) is 19.1 Å². The molecule has 1 aromatic heterocycles. The van der Waals surface area contributed by atoms with Gasteiger partial charge in [0.05, 0.1) is 6.04 Å². The first-order valence-corrected chi connectivity index (χ1v) is 6.47. The molecule has 0 saturated heterocycles. The minimum Gasteiger partial charge on any atom is -0.337 e. The van der Waals surface area contributed by atoms with Crippen LogP contribution in [0.25, 0.3) is 0 Å². The third kappa shape index (κ3) is 4.45. The van der Waals surface area contributed by atoms with Gasteiger partial charge in [-0.1, -0.05) is 13.8 Å². The van der Waals surface area contributed by atoms with E-state index in [1.165, 1.54) is 0 Å². The molecule has 1 heterocycles. The highest BCUT2D eigenvalue weighted by Gasteiger charge is 2.20. The number of nitrogens with two attached hydrogens (primary N) is 1. The van der Waals surface area contributed by atoms with E-state index in [2.05, 4.69) is 18.8 Å². The van der Waals surface area contributed by atoms with E-state index in [4.69, 9.17) is 5.73 Å². The van der Waals surface area contributed by atoms with Gasteiger partial charge in [-0.25, -0.2) is 0 Å². The van der Waals surface area contributed by atoms with Crippen LogP contribution in [0.5, 0.6) is 0 Å². The summed E-state index contributed by atoms with van der Waals surface area (Å²) in [4.78, 5) is 18.0. The Hall–Kier alpha value is -1.42. The van der Waals surface area contributed by atoms with Crippen LogP contribution in [0.3, 0.4) is 0 Å². The van der Waals surface area contributed by atoms with Crippen LogP contribution < -0.4 is 5.73 Å². The van der Waals surface area contributed by atoms with Crippen LogP contribution >= 0.6 is 0 Å². The van der Waals surface area contributed by atoms with E-state index in [0.717, 1.165) is 12.0 Å². The van der Waals surface area contributed by atoms with Crippen molar-refractivity contribution in [3.05, 3.63) is 30.1 Å². The van der Waals surface area contributed by atoms with Crippen molar-refractivity contribution in [2.45, 2.75) is 39.8 Å². The molecule has 1 aromatic rings. The minimum atomic E-state index is -0.396. The van der Waals surface area contributed by atoms with E-state index < -0.39 is 6.04 Å². The van der Waals surface area contributed by atoms with Gasteiger partial charge >= 0.3 is 0 Å². The molecule has 1 amide bonds. The molecule has 0 aliphatic rings. The summed E-state index contributed by atoms with van der Waals surface area (Å²) in [5, 5.41) is 0. The van der Waals surface area contributed by atoms with Crippen molar-refractivity contribution in [1.82, 2.24) is 9.88 Å². The van der Waals surface area contributed by atoms with E-state index in [0.29, 0.717) is 19.0 Å². The fraction of sp³-hybridized carbons (Fsp3) is 0.571. The van der Waals surface area contributed by atoms with Gasteiger partial charge in [0.2, 0.25) is 5.91 Å². The first-order chi connectivity index (χ1) is 8.54. The van der Waals surface area contributed by atoms with Crippen LogP contribution in [0.4, 0.5) is 0 Å². The van der Waals surface area contributed by atoms with E-state index in [9.17, 15) is 4.79 Å². The van der Waals surface area contributed by atoms with Gasteiger partial charge in [-0.05, 0) is 37.0 Å². The summed E-state index contributed by atoms with van der Waals surface area (Å²) in [5.41, 5.74) is 7.03. The van der Waals surface area contributed by atoms with Crippen molar-refractivity contribution in [1.29, 1.82) is 0 Å². The smallest absolute Gasteiger partial charge is 0.239 e. The highest BCUT2D eigenvalue weighted by atomic mass is 16.2. The van der Waals surface area contributed by atoms with Crippen molar-refractivity contribution in [2.24, 2.45) is 11.7 Å². The maximum absolute atomic E-state index is 12.2. The summed E-state index contributed by atoms with van der Waals surface area (Å²) in [5.74, 6) is 0.464. The summed E-state index contributed by atoms with van der Waals surface area (Å²) in [7, 11) is 0. The quantitative estimate of drug-likeness (QED) is 0.836. The van der Waals surface area contributed by atoms with Crippen LogP contribution in [-0.2, 0) is 11.3 Å². The van der Waals surface area contributed by atoms with Gasteiger partial charge in [-0.3, -0.25) is 9.78 Å². The van der Waals surface area contributed by atoms with Gasteiger partial charge in [0, 0.05) is 25.5 Å².